The van der Waals surface area contributed by atoms with Gasteiger partial charge in [-0.25, -0.2) is 4.98 Å². The summed E-state index contributed by atoms with van der Waals surface area (Å²) < 4.78 is 44.1. The topological polar surface area (TPSA) is 38.2 Å². The molecule has 2 heterocycles. The summed E-state index contributed by atoms with van der Waals surface area (Å²) in [5, 5.41) is 0. The molecule has 3 rings (SSSR count). The van der Waals surface area contributed by atoms with Crippen LogP contribution < -0.4 is 9.64 Å². The molecule has 1 aromatic heterocycles. The molecular formula is C14H12F3N3O. The monoisotopic (exact) mass is 295 g/mol. The van der Waals surface area contributed by atoms with Gasteiger partial charge in [0.05, 0.1) is 12.7 Å². The van der Waals surface area contributed by atoms with Crippen molar-refractivity contribution in [2.45, 2.75) is 12.6 Å². The fourth-order valence-corrected chi connectivity index (χ4v) is 2.48. The molecule has 110 valence electrons. The first-order valence-corrected chi connectivity index (χ1v) is 6.34. The van der Waals surface area contributed by atoms with Gasteiger partial charge in [0.2, 0.25) is 11.8 Å². The lowest BCUT2D eigenvalue weighted by Crippen LogP contribution is -2.16. The smallest absolute Gasteiger partial charge is 0.416 e. The van der Waals surface area contributed by atoms with Crippen LogP contribution in [0.15, 0.2) is 30.5 Å². The molecule has 0 atom stereocenters. The van der Waals surface area contributed by atoms with Crippen molar-refractivity contribution >= 4 is 11.6 Å². The number of nitrogens with zero attached hydrogens (tertiary/aromatic N) is 3. The largest absolute Gasteiger partial charge is 0.481 e. The average Bonchev–Trinajstić information content (AvgIpc) is 2.90. The molecule has 2 aromatic rings. The van der Waals surface area contributed by atoms with E-state index in [0.29, 0.717) is 30.5 Å². The Hall–Kier alpha value is -2.31. The highest BCUT2D eigenvalue weighted by atomic mass is 19.4. The highest BCUT2D eigenvalue weighted by Crippen LogP contribution is 2.41. The van der Waals surface area contributed by atoms with Crippen molar-refractivity contribution in [1.82, 2.24) is 9.97 Å². The standard InChI is InChI=1S/C14H12F3N3O/c1-21-12-5-7-18-13(19-12)20-8-6-9-10(14(15,16)17)3-2-4-11(9)20/h2-5,7H,6,8H2,1H3. The van der Waals surface area contributed by atoms with Crippen LogP contribution in [-0.2, 0) is 12.6 Å². The molecule has 7 heteroatoms. The van der Waals surface area contributed by atoms with E-state index in [0.717, 1.165) is 6.07 Å². The number of alkyl halides is 3. The number of anilines is 2. The quantitative estimate of drug-likeness (QED) is 0.853. The van der Waals surface area contributed by atoms with E-state index >= 15 is 0 Å². The van der Waals surface area contributed by atoms with Crippen LogP contribution in [0.3, 0.4) is 0 Å². The lowest BCUT2D eigenvalue weighted by Gasteiger charge is -2.18. The van der Waals surface area contributed by atoms with Gasteiger partial charge >= 0.3 is 6.18 Å². The van der Waals surface area contributed by atoms with Crippen LogP contribution in [0.4, 0.5) is 24.8 Å². The molecule has 0 saturated heterocycles. The molecule has 0 unspecified atom stereocenters. The van der Waals surface area contributed by atoms with Crippen LogP contribution >= 0.6 is 0 Å². The molecule has 0 spiro atoms. The second-order valence-electron chi connectivity index (χ2n) is 4.60. The van der Waals surface area contributed by atoms with Crippen LogP contribution in [0.1, 0.15) is 11.1 Å². The average molecular weight is 295 g/mol. The number of methoxy groups -OCH3 is 1. The summed E-state index contributed by atoms with van der Waals surface area (Å²) in [7, 11) is 1.48. The number of hydrogen-bond acceptors (Lipinski definition) is 4. The SMILES string of the molecule is COc1ccnc(N2CCc3c2cccc3C(F)(F)F)n1. The third-order valence-electron chi connectivity index (χ3n) is 3.40. The van der Waals surface area contributed by atoms with Crippen LogP contribution in [0.5, 0.6) is 5.88 Å². The molecule has 0 aliphatic carbocycles. The van der Waals surface area contributed by atoms with E-state index < -0.39 is 11.7 Å². The maximum absolute atomic E-state index is 13.0. The molecule has 0 N–H and O–H groups in total. The summed E-state index contributed by atoms with van der Waals surface area (Å²) in [4.78, 5) is 9.96. The Labute approximate surface area is 119 Å². The van der Waals surface area contributed by atoms with Gasteiger partial charge in [-0.3, -0.25) is 0 Å². The maximum Gasteiger partial charge on any atom is 0.416 e. The fourth-order valence-electron chi connectivity index (χ4n) is 2.48. The molecule has 0 saturated carbocycles. The highest BCUT2D eigenvalue weighted by molar-refractivity contribution is 5.68. The van der Waals surface area contributed by atoms with E-state index in [2.05, 4.69) is 9.97 Å². The molecule has 1 aliphatic rings. The zero-order chi connectivity index (χ0) is 15.0. The zero-order valence-electron chi connectivity index (χ0n) is 11.2. The van der Waals surface area contributed by atoms with E-state index in [9.17, 15) is 13.2 Å². The normalized spacial score (nSPS) is 14.2. The Morgan fingerprint density at radius 1 is 1.24 bits per heavy atom. The van der Waals surface area contributed by atoms with Gasteiger partial charge in [-0.2, -0.15) is 18.2 Å². The summed E-state index contributed by atoms with van der Waals surface area (Å²) in [5.41, 5.74) is 0.194. The van der Waals surface area contributed by atoms with Crippen molar-refractivity contribution in [1.29, 1.82) is 0 Å². The third-order valence-corrected chi connectivity index (χ3v) is 3.40. The minimum absolute atomic E-state index is 0.288. The second kappa shape index (κ2) is 4.91. The molecule has 0 radical (unpaired) electrons. The van der Waals surface area contributed by atoms with Crippen molar-refractivity contribution in [2.24, 2.45) is 0 Å². The minimum atomic E-state index is -4.35. The lowest BCUT2D eigenvalue weighted by atomic mass is 10.0. The first kappa shape index (κ1) is 13.7. The van der Waals surface area contributed by atoms with E-state index in [1.807, 2.05) is 0 Å². The van der Waals surface area contributed by atoms with Gasteiger partial charge in [0.1, 0.15) is 0 Å². The van der Waals surface area contributed by atoms with Crippen LogP contribution in [0.2, 0.25) is 0 Å². The van der Waals surface area contributed by atoms with Gasteiger partial charge < -0.3 is 9.64 Å². The predicted octanol–water partition coefficient (Wildman–Crippen LogP) is 3.20. The highest BCUT2D eigenvalue weighted by Gasteiger charge is 2.37. The Balaban J connectivity index is 2.05. The fraction of sp³-hybridized carbons (Fsp3) is 0.286. The number of fused-ring (bicyclic) bond motifs is 1. The molecular weight excluding hydrogens is 283 g/mol. The summed E-state index contributed by atoms with van der Waals surface area (Å²) >= 11 is 0. The predicted molar refractivity (Wildman–Crippen MR) is 70.7 cm³/mol. The molecule has 0 fully saturated rings. The van der Waals surface area contributed by atoms with E-state index in [1.165, 1.54) is 19.4 Å². The molecule has 1 aliphatic heterocycles. The Bertz CT molecular complexity index is 673. The lowest BCUT2D eigenvalue weighted by molar-refractivity contribution is -0.138. The summed E-state index contributed by atoms with van der Waals surface area (Å²) in [6, 6.07) is 5.75. The number of ether oxygens (including phenoxy) is 1. The zero-order valence-corrected chi connectivity index (χ0v) is 11.2. The molecule has 1 aromatic carbocycles. The van der Waals surface area contributed by atoms with Gasteiger partial charge in [0.25, 0.3) is 0 Å². The number of rotatable bonds is 2. The van der Waals surface area contributed by atoms with Crippen molar-refractivity contribution in [3.63, 3.8) is 0 Å². The molecule has 21 heavy (non-hydrogen) atoms. The van der Waals surface area contributed by atoms with Crippen LogP contribution in [-0.4, -0.2) is 23.6 Å². The first-order valence-electron chi connectivity index (χ1n) is 6.34. The van der Waals surface area contributed by atoms with Gasteiger partial charge in [-0.05, 0) is 24.1 Å². The Kier molecular flexibility index (Phi) is 3.19. The molecule has 0 bridgehead atoms. The van der Waals surface area contributed by atoms with Crippen LogP contribution in [0.25, 0.3) is 0 Å². The van der Waals surface area contributed by atoms with E-state index in [4.69, 9.17) is 4.74 Å². The summed E-state index contributed by atoms with van der Waals surface area (Å²) in [5.74, 6) is 0.716. The maximum atomic E-state index is 13.0. The number of hydrogen-bond donors (Lipinski definition) is 0. The van der Waals surface area contributed by atoms with Gasteiger partial charge in [-0.1, -0.05) is 6.07 Å². The van der Waals surface area contributed by atoms with Crippen molar-refractivity contribution < 1.29 is 17.9 Å². The first-order chi connectivity index (χ1) is 10.0. The Morgan fingerprint density at radius 2 is 2.05 bits per heavy atom. The summed E-state index contributed by atoms with van der Waals surface area (Å²) in [6.07, 6.45) is -2.52. The Morgan fingerprint density at radius 3 is 2.76 bits per heavy atom. The number of benzene rings is 1. The van der Waals surface area contributed by atoms with E-state index in [-0.39, 0.29) is 5.56 Å². The van der Waals surface area contributed by atoms with Crippen LogP contribution in [0, 0.1) is 0 Å². The van der Waals surface area contributed by atoms with Crippen molar-refractivity contribution in [2.75, 3.05) is 18.6 Å². The van der Waals surface area contributed by atoms with Gasteiger partial charge in [0.15, 0.2) is 0 Å². The molecule has 0 amide bonds. The van der Waals surface area contributed by atoms with Gasteiger partial charge in [-0.15, -0.1) is 0 Å². The van der Waals surface area contributed by atoms with Gasteiger partial charge in [0, 0.05) is 24.5 Å². The van der Waals surface area contributed by atoms with Crippen molar-refractivity contribution in [3.8, 4) is 5.88 Å². The van der Waals surface area contributed by atoms with Crippen molar-refractivity contribution in [3.05, 3.63) is 41.6 Å². The number of aromatic nitrogens is 2. The number of halogens is 3. The molecule has 4 nitrogen and oxygen atoms in total. The third kappa shape index (κ3) is 2.39. The minimum Gasteiger partial charge on any atom is -0.481 e. The second-order valence-corrected chi connectivity index (χ2v) is 4.60. The summed E-state index contributed by atoms with van der Waals surface area (Å²) in [6.45, 7) is 0.412. The van der Waals surface area contributed by atoms with E-state index in [1.54, 1.807) is 17.0 Å².